The molecule has 0 fully saturated rings. The predicted molar refractivity (Wildman–Crippen MR) is 108 cm³/mol. The van der Waals surface area contributed by atoms with Crippen molar-refractivity contribution in [3.05, 3.63) is 46.2 Å². The Morgan fingerprint density at radius 2 is 2.11 bits per heavy atom. The number of oxime groups is 1. The number of hydrogen-bond acceptors (Lipinski definition) is 6. The van der Waals surface area contributed by atoms with Gasteiger partial charge in [0, 0.05) is 10.4 Å². The Labute approximate surface area is 164 Å². The quantitative estimate of drug-likeness (QED) is 0.491. The highest BCUT2D eigenvalue weighted by atomic mass is 32.1. The first-order chi connectivity index (χ1) is 13.0. The van der Waals surface area contributed by atoms with Crippen LogP contribution in [0, 0.1) is 5.92 Å². The number of ether oxygens (including phenoxy) is 2. The van der Waals surface area contributed by atoms with Crippen LogP contribution in [-0.2, 0) is 9.63 Å². The van der Waals surface area contributed by atoms with Crippen LogP contribution in [0.5, 0.6) is 11.5 Å². The van der Waals surface area contributed by atoms with Gasteiger partial charge in [0.2, 0.25) is 0 Å². The first kappa shape index (κ1) is 20.8. The fourth-order valence-corrected chi connectivity index (χ4v) is 3.43. The van der Waals surface area contributed by atoms with E-state index in [2.05, 4.69) is 24.3 Å². The Morgan fingerprint density at radius 3 is 2.74 bits per heavy atom. The largest absolute Gasteiger partial charge is 0.493 e. The zero-order valence-electron chi connectivity index (χ0n) is 16.1. The summed E-state index contributed by atoms with van der Waals surface area (Å²) in [7, 11) is 1.58. The van der Waals surface area contributed by atoms with Crippen LogP contribution in [0.15, 0.2) is 40.9 Å². The summed E-state index contributed by atoms with van der Waals surface area (Å²) in [6.45, 7) is 6.48. The number of benzene rings is 1. The Bertz CT molecular complexity index is 744. The lowest BCUT2D eigenvalue weighted by molar-refractivity contribution is -0.126. The first-order valence-electron chi connectivity index (χ1n) is 8.84. The van der Waals surface area contributed by atoms with Crippen molar-refractivity contribution in [3.8, 4) is 11.5 Å². The van der Waals surface area contributed by atoms with Gasteiger partial charge in [-0.25, -0.2) is 0 Å². The second-order valence-electron chi connectivity index (χ2n) is 6.16. The first-order valence-corrected chi connectivity index (χ1v) is 9.72. The molecule has 0 saturated heterocycles. The van der Waals surface area contributed by atoms with Gasteiger partial charge in [-0.05, 0) is 42.5 Å². The van der Waals surface area contributed by atoms with E-state index in [-0.39, 0.29) is 24.5 Å². The number of methoxy groups -OCH3 is 1. The molecular weight excluding hydrogens is 364 g/mol. The molecule has 2 aromatic rings. The van der Waals surface area contributed by atoms with Gasteiger partial charge in [-0.3, -0.25) is 4.79 Å². The van der Waals surface area contributed by atoms with Crippen LogP contribution < -0.4 is 14.8 Å². The maximum atomic E-state index is 12.1. The van der Waals surface area contributed by atoms with E-state index in [1.165, 1.54) is 6.21 Å². The number of rotatable bonds is 10. The lowest BCUT2D eigenvalue weighted by Crippen LogP contribution is -2.33. The normalized spacial score (nSPS) is 12.2. The van der Waals surface area contributed by atoms with Crippen molar-refractivity contribution in [3.63, 3.8) is 0 Å². The molecule has 1 atom stereocenters. The topological polar surface area (TPSA) is 69.2 Å². The van der Waals surface area contributed by atoms with Crippen molar-refractivity contribution in [1.82, 2.24) is 5.32 Å². The van der Waals surface area contributed by atoms with E-state index < -0.39 is 0 Å². The molecule has 2 rings (SSSR count). The predicted octanol–water partition coefficient (Wildman–Crippen LogP) is 4.02. The lowest BCUT2D eigenvalue weighted by atomic mass is 10.0. The van der Waals surface area contributed by atoms with Crippen LogP contribution in [0.1, 0.15) is 37.3 Å². The van der Waals surface area contributed by atoms with Gasteiger partial charge in [0.05, 0.1) is 26.0 Å². The summed E-state index contributed by atoms with van der Waals surface area (Å²) < 4.78 is 10.8. The summed E-state index contributed by atoms with van der Waals surface area (Å²) in [5.74, 6) is 1.37. The van der Waals surface area contributed by atoms with Crippen LogP contribution in [0.2, 0.25) is 0 Å². The molecule has 146 valence electrons. The average molecular weight is 391 g/mol. The van der Waals surface area contributed by atoms with Crippen molar-refractivity contribution in [1.29, 1.82) is 0 Å². The molecule has 1 unspecified atom stereocenters. The number of amides is 1. The molecule has 0 bridgehead atoms. The minimum absolute atomic E-state index is 0.0274. The lowest BCUT2D eigenvalue weighted by Gasteiger charge is -2.20. The number of nitrogens with zero attached hydrogens (tertiary/aromatic N) is 1. The Hall–Kier alpha value is -2.54. The molecule has 1 aromatic heterocycles. The molecule has 0 aliphatic rings. The molecule has 1 heterocycles. The Balaban J connectivity index is 1.87. The molecule has 1 aromatic carbocycles. The maximum Gasteiger partial charge on any atom is 0.261 e. The van der Waals surface area contributed by atoms with Crippen molar-refractivity contribution >= 4 is 23.5 Å². The van der Waals surface area contributed by atoms with E-state index >= 15 is 0 Å². The number of hydrogen-bond donors (Lipinski definition) is 1. The standard InChI is InChI=1S/C20H26N2O4S/c1-5-25-16-9-8-15(11-17(16)24-4)12-21-26-13-19(23)22-20(14(2)3)18-7-6-10-27-18/h6-12,14,20H,5,13H2,1-4H3,(H,22,23)/b21-12+. The van der Waals surface area contributed by atoms with Crippen LogP contribution >= 0.6 is 11.3 Å². The van der Waals surface area contributed by atoms with E-state index in [1.807, 2.05) is 36.6 Å². The van der Waals surface area contributed by atoms with Crippen LogP contribution in [0.25, 0.3) is 0 Å². The summed E-state index contributed by atoms with van der Waals surface area (Å²) in [5, 5.41) is 8.86. The third-order valence-corrected chi connectivity index (χ3v) is 4.75. The number of carbonyl (C=O) groups is 1. The third kappa shape index (κ3) is 6.29. The number of nitrogens with one attached hydrogen (secondary N) is 1. The molecular formula is C20H26N2O4S. The second-order valence-corrected chi connectivity index (χ2v) is 7.14. The fourth-order valence-electron chi connectivity index (χ4n) is 2.48. The minimum atomic E-state index is -0.205. The van der Waals surface area contributed by atoms with Gasteiger partial charge in [0.25, 0.3) is 5.91 Å². The fraction of sp³-hybridized carbons (Fsp3) is 0.400. The monoisotopic (exact) mass is 390 g/mol. The maximum absolute atomic E-state index is 12.1. The molecule has 0 aliphatic heterocycles. The molecule has 0 aliphatic carbocycles. The van der Waals surface area contributed by atoms with Gasteiger partial charge < -0.3 is 19.6 Å². The van der Waals surface area contributed by atoms with E-state index in [9.17, 15) is 4.79 Å². The number of thiophene rings is 1. The van der Waals surface area contributed by atoms with Gasteiger partial charge in [0.1, 0.15) is 0 Å². The van der Waals surface area contributed by atoms with E-state index in [0.29, 0.717) is 18.1 Å². The second kappa shape index (κ2) is 10.6. The Morgan fingerprint density at radius 1 is 1.30 bits per heavy atom. The van der Waals surface area contributed by atoms with Crippen molar-refractivity contribution < 1.29 is 19.1 Å². The molecule has 7 heteroatoms. The third-order valence-electron chi connectivity index (χ3n) is 3.79. The summed E-state index contributed by atoms with van der Waals surface area (Å²) in [5.41, 5.74) is 0.786. The SMILES string of the molecule is CCOc1ccc(/C=N/OCC(=O)NC(c2cccs2)C(C)C)cc1OC. The molecule has 6 nitrogen and oxygen atoms in total. The molecule has 0 spiro atoms. The molecule has 1 N–H and O–H groups in total. The molecule has 0 saturated carbocycles. The number of carbonyl (C=O) groups excluding carboxylic acids is 1. The summed E-state index contributed by atoms with van der Waals surface area (Å²) >= 11 is 1.63. The van der Waals surface area contributed by atoms with Gasteiger partial charge in [-0.15, -0.1) is 11.3 Å². The van der Waals surface area contributed by atoms with Crippen LogP contribution in [0.3, 0.4) is 0 Å². The smallest absolute Gasteiger partial charge is 0.261 e. The van der Waals surface area contributed by atoms with Gasteiger partial charge >= 0.3 is 0 Å². The van der Waals surface area contributed by atoms with Crippen LogP contribution in [0.4, 0.5) is 0 Å². The van der Waals surface area contributed by atoms with Gasteiger partial charge in [0.15, 0.2) is 18.1 Å². The molecule has 0 radical (unpaired) electrons. The average Bonchev–Trinajstić information content (AvgIpc) is 3.18. The van der Waals surface area contributed by atoms with Crippen molar-refractivity contribution in [2.24, 2.45) is 11.1 Å². The Kier molecular flexibility index (Phi) is 8.13. The summed E-state index contributed by atoms with van der Waals surface area (Å²) in [4.78, 5) is 18.4. The van der Waals surface area contributed by atoms with Crippen LogP contribution in [-0.4, -0.2) is 32.4 Å². The van der Waals surface area contributed by atoms with Crippen molar-refractivity contribution in [2.75, 3.05) is 20.3 Å². The van der Waals surface area contributed by atoms with E-state index in [0.717, 1.165) is 10.4 Å². The van der Waals surface area contributed by atoms with E-state index in [1.54, 1.807) is 24.5 Å². The molecule has 27 heavy (non-hydrogen) atoms. The van der Waals surface area contributed by atoms with Gasteiger partial charge in [-0.2, -0.15) is 0 Å². The van der Waals surface area contributed by atoms with Crippen molar-refractivity contribution in [2.45, 2.75) is 26.8 Å². The van der Waals surface area contributed by atoms with Gasteiger partial charge in [-0.1, -0.05) is 25.1 Å². The molecule has 1 amide bonds. The minimum Gasteiger partial charge on any atom is -0.493 e. The zero-order valence-corrected chi connectivity index (χ0v) is 16.9. The zero-order chi connectivity index (χ0) is 19.6. The highest BCUT2D eigenvalue weighted by molar-refractivity contribution is 7.10. The highest BCUT2D eigenvalue weighted by Crippen LogP contribution is 2.27. The summed E-state index contributed by atoms with van der Waals surface area (Å²) in [6.07, 6.45) is 1.53. The summed E-state index contributed by atoms with van der Waals surface area (Å²) in [6, 6.07) is 9.42. The highest BCUT2D eigenvalue weighted by Gasteiger charge is 2.19. The van der Waals surface area contributed by atoms with E-state index in [4.69, 9.17) is 14.3 Å².